The zero-order valence-corrected chi connectivity index (χ0v) is 24.1. The summed E-state index contributed by atoms with van der Waals surface area (Å²) < 4.78 is 5.44. The number of hydrogen-bond acceptors (Lipinski definition) is 5. The monoisotopic (exact) mass is 527 g/mol. The Morgan fingerprint density at radius 3 is 1.84 bits per heavy atom. The molecule has 0 bridgehead atoms. The number of carbonyl (C=O) groups is 3. The van der Waals surface area contributed by atoms with Gasteiger partial charge < -0.3 is 9.84 Å². The molecule has 0 aromatic heterocycles. The van der Waals surface area contributed by atoms with Crippen molar-refractivity contribution in [3.05, 3.63) is 47.2 Å². The van der Waals surface area contributed by atoms with Crippen molar-refractivity contribution in [2.24, 2.45) is 0 Å². The summed E-state index contributed by atoms with van der Waals surface area (Å²) in [5.41, 5.74) is -0.239. The molecule has 6 heteroatoms. The van der Waals surface area contributed by atoms with Gasteiger partial charge in [-0.25, -0.2) is 9.69 Å². The molecule has 0 unspecified atom stereocenters. The number of carbonyl (C=O) groups excluding carboxylic acids is 3. The van der Waals surface area contributed by atoms with E-state index in [-0.39, 0.29) is 24.2 Å². The second-order valence-corrected chi connectivity index (χ2v) is 11.5. The molecule has 1 aromatic rings. The number of aliphatic hydroxyl groups excluding tert-OH is 1. The summed E-state index contributed by atoms with van der Waals surface area (Å²) >= 11 is 0. The van der Waals surface area contributed by atoms with Gasteiger partial charge in [-0.3, -0.25) is 9.59 Å². The molecule has 1 aromatic carbocycles. The van der Waals surface area contributed by atoms with E-state index in [1.807, 2.05) is 30.3 Å². The number of benzene rings is 1. The fraction of sp³-hybridized carbons (Fsp3) is 0.656. The fourth-order valence-electron chi connectivity index (χ4n) is 4.90. The third-order valence-corrected chi connectivity index (χ3v) is 6.96. The standard InChI is InChI=1S/C32H49NO5/c1-5-6-7-8-9-10-11-12-13-14-15-16-20-23-27(34)28-29(35)26(24-25-21-18-17-19-22-25)33(30(28)36)31(37)38-32(2,3)4/h17-19,21-22,26,35H,5-16,20,23-24H2,1-4H3/t26-/m0/s1. The second kappa shape index (κ2) is 16.4. The molecule has 2 rings (SSSR count). The van der Waals surface area contributed by atoms with Crippen LogP contribution in [0.2, 0.25) is 0 Å². The van der Waals surface area contributed by atoms with Gasteiger partial charge in [-0.05, 0) is 32.8 Å². The smallest absolute Gasteiger partial charge is 0.418 e. The molecule has 0 spiro atoms. The first kappa shape index (κ1) is 31.6. The van der Waals surface area contributed by atoms with E-state index in [4.69, 9.17) is 4.74 Å². The number of rotatable bonds is 17. The first-order valence-electron chi connectivity index (χ1n) is 14.7. The highest BCUT2D eigenvalue weighted by Gasteiger charge is 2.47. The molecule has 0 aliphatic carbocycles. The Labute approximate surface area is 229 Å². The number of nitrogens with zero attached hydrogens (tertiary/aromatic N) is 1. The summed E-state index contributed by atoms with van der Waals surface area (Å²) in [5.74, 6) is -1.50. The number of amides is 2. The maximum atomic E-state index is 13.2. The van der Waals surface area contributed by atoms with Crippen LogP contribution < -0.4 is 0 Å². The number of Topliss-reactive ketones (excluding diaryl/α,β-unsaturated/α-hetero) is 1. The van der Waals surface area contributed by atoms with Gasteiger partial charge in [0.25, 0.3) is 5.91 Å². The Kier molecular flexibility index (Phi) is 13.6. The number of imide groups is 1. The first-order valence-corrected chi connectivity index (χ1v) is 14.7. The molecule has 2 amide bonds. The predicted molar refractivity (Wildman–Crippen MR) is 152 cm³/mol. The van der Waals surface area contributed by atoms with Crippen LogP contribution in [0.15, 0.2) is 41.7 Å². The lowest BCUT2D eigenvalue weighted by molar-refractivity contribution is -0.128. The van der Waals surface area contributed by atoms with E-state index < -0.39 is 29.4 Å². The van der Waals surface area contributed by atoms with Gasteiger partial charge in [0.2, 0.25) is 0 Å². The van der Waals surface area contributed by atoms with Crippen LogP contribution in [0.3, 0.4) is 0 Å². The van der Waals surface area contributed by atoms with Crippen LogP contribution in [0.5, 0.6) is 0 Å². The van der Waals surface area contributed by atoms with E-state index in [0.717, 1.165) is 29.7 Å². The minimum Gasteiger partial charge on any atom is -0.509 e. The van der Waals surface area contributed by atoms with Crippen LogP contribution in [-0.2, 0) is 20.7 Å². The van der Waals surface area contributed by atoms with Crippen molar-refractivity contribution >= 4 is 17.8 Å². The van der Waals surface area contributed by atoms with Crippen molar-refractivity contribution in [3.8, 4) is 0 Å². The van der Waals surface area contributed by atoms with E-state index in [1.54, 1.807) is 20.8 Å². The van der Waals surface area contributed by atoms with Gasteiger partial charge in [-0.15, -0.1) is 0 Å². The van der Waals surface area contributed by atoms with Crippen molar-refractivity contribution in [2.45, 2.75) is 136 Å². The molecule has 0 fully saturated rings. The van der Waals surface area contributed by atoms with E-state index >= 15 is 0 Å². The molecule has 1 heterocycles. The third-order valence-electron chi connectivity index (χ3n) is 6.96. The lowest BCUT2D eigenvalue weighted by Gasteiger charge is -2.27. The molecule has 1 atom stereocenters. The Morgan fingerprint density at radius 2 is 1.34 bits per heavy atom. The molecule has 0 saturated carbocycles. The number of hydrogen-bond donors (Lipinski definition) is 1. The summed E-state index contributed by atoms with van der Waals surface area (Å²) in [7, 11) is 0. The van der Waals surface area contributed by atoms with Gasteiger partial charge in [0.1, 0.15) is 23.0 Å². The number of aliphatic hydroxyl groups is 1. The first-order chi connectivity index (χ1) is 18.2. The van der Waals surface area contributed by atoms with Crippen LogP contribution in [-0.4, -0.2) is 39.4 Å². The fourth-order valence-corrected chi connectivity index (χ4v) is 4.90. The topological polar surface area (TPSA) is 83.9 Å². The molecule has 38 heavy (non-hydrogen) atoms. The molecule has 6 nitrogen and oxygen atoms in total. The Bertz CT molecular complexity index is 916. The van der Waals surface area contributed by atoms with Crippen LogP contribution in [0.25, 0.3) is 0 Å². The maximum Gasteiger partial charge on any atom is 0.418 e. The highest BCUT2D eigenvalue weighted by atomic mass is 16.6. The van der Waals surface area contributed by atoms with Crippen LogP contribution in [0.4, 0.5) is 4.79 Å². The van der Waals surface area contributed by atoms with Gasteiger partial charge in [0.15, 0.2) is 5.78 Å². The summed E-state index contributed by atoms with van der Waals surface area (Å²) in [6, 6.07) is 8.34. The minimum absolute atomic E-state index is 0.184. The van der Waals surface area contributed by atoms with Crippen molar-refractivity contribution in [3.63, 3.8) is 0 Å². The molecule has 0 saturated heterocycles. The molecule has 1 aliphatic rings. The van der Waals surface area contributed by atoms with Crippen molar-refractivity contribution in [1.82, 2.24) is 4.90 Å². The maximum absolute atomic E-state index is 13.2. The predicted octanol–water partition coefficient (Wildman–Crippen LogP) is 8.24. The van der Waals surface area contributed by atoms with Gasteiger partial charge in [0.05, 0.1) is 0 Å². The lowest BCUT2D eigenvalue weighted by atomic mass is 10.00. The average molecular weight is 528 g/mol. The van der Waals surface area contributed by atoms with Crippen molar-refractivity contribution in [2.75, 3.05) is 0 Å². The SMILES string of the molecule is CCCCCCCCCCCCCCCC(=O)C1=C(O)[C@H](Cc2ccccc2)N(C(=O)OC(C)(C)C)C1=O. The zero-order valence-electron chi connectivity index (χ0n) is 24.1. The normalized spacial score (nSPS) is 15.8. The quantitative estimate of drug-likeness (QED) is 0.163. The molecule has 1 aliphatic heterocycles. The number of ether oxygens (including phenoxy) is 1. The van der Waals surface area contributed by atoms with Crippen LogP contribution in [0, 0.1) is 0 Å². The van der Waals surface area contributed by atoms with E-state index in [2.05, 4.69) is 6.92 Å². The highest BCUT2D eigenvalue weighted by Crippen LogP contribution is 2.30. The molecule has 212 valence electrons. The average Bonchev–Trinajstić information content (AvgIpc) is 3.10. The van der Waals surface area contributed by atoms with Crippen molar-refractivity contribution < 1.29 is 24.2 Å². The Balaban J connectivity index is 1.84. The zero-order chi connectivity index (χ0) is 28.0. The van der Waals surface area contributed by atoms with Gasteiger partial charge >= 0.3 is 6.09 Å². The van der Waals surface area contributed by atoms with E-state index in [1.165, 1.54) is 57.8 Å². The summed E-state index contributed by atoms with van der Waals surface area (Å²) in [6.45, 7) is 7.39. The van der Waals surface area contributed by atoms with Gasteiger partial charge in [-0.1, -0.05) is 114 Å². The Morgan fingerprint density at radius 1 is 0.842 bits per heavy atom. The third kappa shape index (κ3) is 10.6. The highest BCUT2D eigenvalue weighted by molar-refractivity contribution is 6.24. The molecular weight excluding hydrogens is 478 g/mol. The van der Waals surface area contributed by atoms with E-state index in [0.29, 0.717) is 6.42 Å². The van der Waals surface area contributed by atoms with Crippen molar-refractivity contribution in [1.29, 1.82) is 0 Å². The largest absolute Gasteiger partial charge is 0.509 e. The van der Waals surface area contributed by atoms with Gasteiger partial charge in [0, 0.05) is 12.8 Å². The summed E-state index contributed by atoms with van der Waals surface area (Å²) in [5, 5.41) is 11.0. The van der Waals surface area contributed by atoms with E-state index in [9.17, 15) is 19.5 Å². The van der Waals surface area contributed by atoms with Crippen LogP contribution in [0.1, 0.15) is 123 Å². The number of unbranched alkanes of at least 4 members (excludes halogenated alkanes) is 12. The number of ketones is 1. The van der Waals surface area contributed by atoms with Gasteiger partial charge in [-0.2, -0.15) is 0 Å². The van der Waals surface area contributed by atoms with Crippen LogP contribution >= 0.6 is 0 Å². The second-order valence-electron chi connectivity index (χ2n) is 11.5. The molecule has 1 N–H and O–H groups in total. The minimum atomic E-state index is -0.953. The Hall–Kier alpha value is -2.63. The summed E-state index contributed by atoms with van der Waals surface area (Å²) in [6.07, 6.45) is 15.2. The molecular formula is C32H49NO5. The molecule has 0 radical (unpaired) electrons. The summed E-state index contributed by atoms with van der Waals surface area (Å²) in [4.78, 5) is 40.0. The lowest BCUT2D eigenvalue weighted by Crippen LogP contribution is -2.45.